The Labute approximate surface area is 119 Å². The summed E-state index contributed by atoms with van der Waals surface area (Å²) >= 11 is 3.19. The number of hydrogen-bond donors (Lipinski definition) is 2. The van der Waals surface area contributed by atoms with E-state index >= 15 is 0 Å². The maximum Gasteiger partial charge on any atom is 0.407 e. The molecule has 0 amide bonds. The second kappa shape index (κ2) is 7.26. The summed E-state index contributed by atoms with van der Waals surface area (Å²) in [4.78, 5) is 0. The van der Waals surface area contributed by atoms with Crippen molar-refractivity contribution in [1.82, 2.24) is 5.32 Å². The molecule has 0 aliphatic heterocycles. The number of hydrogen-bond acceptors (Lipinski definition) is 2. The molecule has 0 aliphatic rings. The lowest BCUT2D eigenvalue weighted by Crippen LogP contribution is -2.42. The van der Waals surface area contributed by atoms with Crippen molar-refractivity contribution in [1.29, 1.82) is 0 Å². The van der Waals surface area contributed by atoms with Crippen LogP contribution in [0.15, 0.2) is 28.7 Å². The van der Waals surface area contributed by atoms with Gasteiger partial charge in [0.1, 0.15) is 6.04 Å². The average Bonchev–Trinajstić information content (AvgIpc) is 2.34. The minimum Gasteiger partial charge on any atom is -0.395 e. The Hall–Kier alpha value is -0.590. The lowest BCUT2D eigenvalue weighted by molar-refractivity contribution is -0.160. The van der Waals surface area contributed by atoms with Gasteiger partial charge in [0, 0.05) is 10.5 Å². The minimum absolute atomic E-state index is 0.144. The molecule has 0 fully saturated rings. The summed E-state index contributed by atoms with van der Waals surface area (Å²) in [7, 11) is 0. The van der Waals surface area contributed by atoms with Crippen LogP contribution in [-0.2, 0) is 0 Å². The highest BCUT2D eigenvalue weighted by Crippen LogP contribution is 2.33. The van der Waals surface area contributed by atoms with E-state index in [0.29, 0.717) is 12.8 Å². The summed E-state index contributed by atoms with van der Waals surface area (Å²) in [6.45, 7) is 1.56. The maximum atomic E-state index is 13.1. The van der Waals surface area contributed by atoms with E-state index in [1.54, 1.807) is 12.1 Å². The van der Waals surface area contributed by atoms with Crippen LogP contribution < -0.4 is 5.32 Å². The molecule has 19 heavy (non-hydrogen) atoms. The fourth-order valence-corrected chi connectivity index (χ4v) is 2.11. The lowest BCUT2D eigenvalue weighted by atomic mass is 10.0. The monoisotopic (exact) mass is 339 g/mol. The van der Waals surface area contributed by atoms with E-state index < -0.39 is 18.3 Å². The topological polar surface area (TPSA) is 32.3 Å². The number of benzene rings is 1. The second-order valence-corrected chi connectivity index (χ2v) is 5.28. The van der Waals surface area contributed by atoms with Crippen LogP contribution in [0.5, 0.6) is 0 Å². The first kappa shape index (κ1) is 16.5. The third-order valence-corrected chi connectivity index (χ3v) is 3.32. The van der Waals surface area contributed by atoms with Gasteiger partial charge in [0.2, 0.25) is 0 Å². The van der Waals surface area contributed by atoms with Gasteiger partial charge in [-0.2, -0.15) is 13.2 Å². The standard InChI is InChI=1S/C13H17BrF3NO/c1-2-3-11(8-19)18-12(13(15,16)17)9-4-6-10(14)7-5-9/h4-7,11-12,18-19H,2-3,8H2,1H3/t11-,12-/m0/s1. The van der Waals surface area contributed by atoms with Crippen LogP contribution in [0.1, 0.15) is 31.4 Å². The van der Waals surface area contributed by atoms with E-state index in [4.69, 9.17) is 5.11 Å². The SMILES string of the molecule is CCC[C@@H](CO)N[C@@H](c1ccc(Br)cc1)C(F)(F)F. The predicted octanol–water partition coefficient (Wildman–Crippen LogP) is 3.80. The van der Waals surface area contributed by atoms with E-state index in [1.165, 1.54) is 12.1 Å². The molecule has 2 N–H and O–H groups in total. The molecule has 0 bridgehead atoms. The quantitative estimate of drug-likeness (QED) is 0.826. The van der Waals surface area contributed by atoms with Crippen LogP contribution in [0.4, 0.5) is 13.2 Å². The van der Waals surface area contributed by atoms with E-state index in [9.17, 15) is 13.2 Å². The van der Waals surface area contributed by atoms with E-state index in [2.05, 4.69) is 21.2 Å². The van der Waals surface area contributed by atoms with Gasteiger partial charge in [-0.3, -0.25) is 5.32 Å². The number of halogens is 4. The van der Waals surface area contributed by atoms with Gasteiger partial charge in [0.25, 0.3) is 0 Å². The molecule has 2 nitrogen and oxygen atoms in total. The van der Waals surface area contributed by atoms with Crippen molar-refractivity contribution in [3.8, 4) is 0 Å². The van der Waals surface area contributed by atoms with E-state index in [1.807, 2.05) is 6.92 Å². The fraction of sp³-hybridized carbons (Fsp3) is 0.538. The number of rotatable bonds is 6. The van der Waals surface area contributed by atoms with Crippen molar-refractivity contribution in [3.05, 3.63) is 34.3 Å². The van der Waals surface area contributed by atoms with Crippen molar-refractivity contribution in [2.45, 2.75) is 38.0 Å². The molecular weight excluding hydrogens is 323 g/mol. The summed E-state index contributed by atoms with van der Waals surface area (Å²) in [5.41, 5.74) is 0.144. The van der Waals surface area contributed by atoms with Gasteiger partial charge in [0.05, 0.1) is 6.61 Å². The molecule has 0 saturated heterocycles. The van der Waals surface area contributed by atoms with Crippen LogP contribution in [0.2, 0.25) is 0 Å². The first-order valence-electron chi connectivity index (χ1n) is 6.07. The molecule has 0 unspecified atom stereocenters. The number of aliphatic hydroxyl groups is 1. The first-order chi connectivity index (χ1) is 8.88. The Bertz CT molecular complexity index is 380. The molecular formula is C13H17BrF3NO. The lowest BCUT2D eigenvalue weighted by Gasteiger charge is -2.26. The third-order valence-electron chi connectivity index (χ3n) is 2.79. The molecule has 0 saturated carbocycles. The predicted molar refractivity (Wildman–Crippen MR) is 71.9 cm³/mol. The normalized spacial score (nSPS) is 15.3. The van der Waals surface area contributed by atoms with Crippen LogP contribution >= 0.6 is 15.9 Å². The smallest absolute Gasteiger partial charge is 0.395 e. The van der Waals surface area contributed by atoms with Gasteiger partial charge < -0.3 is 5.11 Å². The Kier molecular flexibility index (Phi) is 6.29. The van der Waals surface area contributed by atoms with Crippen LogP contribution in [-0.4, -0.2) is 23.9 Å². The molecule has 0 radical (unpaired) electrons. The van der Waals surface area contributed by atoms with Gasteiger partial charge in [-0.05, 0) is 24.1 Å². The summed E-state index contributed by atoms with van der Waals surface area (Å²) in [6, 6.07) is 3.68. The summed E-state index contributed by atoms with van der Waals surface area (Å²) in [6.07, 6.45) is -3.18. The highest BCUT2D eigenvalue weighted by molar-refractivity contribution is 9.10. The Morgan fingerprint density at radius 2 is 1.84 bits per heavy atom. The largest absolute Gasteiger partial charge is 0.407 e. The molecule has 0 aliphatic carbocycles. The van der Waals surface area contributed by atoms with Crippen molar-refractivity contribution in [2.24, 2.45) is 0 Å². The number of aliphatic hydroxyl groups excluding tert-OH is 1. The zero-order valence-electron chi connectivity index (χ0n) is 10.5. The summed E-state index contributed by atoms with van der Waals surface area (Å²) in [5.74, 6) is 0. The Morgan fingerprint density at radius 3 is 2.26 bits per heavy atom. The molecule has 1 rings (SSSR count). The van der Waals surface area contributed by atoms with Crippen LogP contribution in [0.3, 0.4) is 0 Å². The Balaban J connectivity index is 2.92. The van der Waals surface area contributed by atoms with Crippen molar-refractivity contribution in [2.75, 3.05) is 6.61 Å². The van der Waals surface area contributed by atoms with Gasteiger partial charge in [-0.15, -0.1) is 0 Å². The van der Waals surface area contributed by atoms with E-state index in [0.717, 1.165) is 4.47 Å². The summed E-state index contributed by atoms with van der Waals surface area (Å²) in [5, 5.41) is 11.6. The van der Waals surface area contributed by atoms with E-state index in [-0.39, 0.29) is 12.2 Å². The molecule has 2 atom stereocenters. The second-order valence-electron chi connectivity index (χ2n) is 4.36. The Morgan fingerprint density at radius 1 is 1.26 bits per heavy atom. The zero-order chi connectivity index (χ0) is 14.5. The van der Waals surface area contributed by atoms with Gasteiger partial charge >= 0.3 is 6.18 Å². The number of alkyl halides is 3. The minimum atomic E-state index is -4.39. The average molecular weight is 340 g/mol. The molecule has 108 valence electrons. The third kappa shape index (κ3) is 5.12. The molecule has 1 aromatic rings. The van der Waals surface area contributed by atoms with Gasteiger partial charge in [-0.1, -0.05) is 41.4 Å². The molecule has 1 aromatic carbocycles. The highest BCUT2D eigenvalue weighted by Gasteiger charge is 2.41. The fourth-order valence-electron chi connectivity index (χ4n) is 1.85. The zero-order valence-corrected chi connectivity index (χ0v) is 12.1. The van der Waals surface area contributed by atoms with Gasteiger partial charge in [-0.25, -0.2) is 0 Å². The van der Waals surface area contributed by atoms with Crippen molar-refractivity contribution in [3.63, 3.8) is 0 Å². The highest BCUT2D eigenvalue weighted by atomic mass is 79.9. The van der Waals surface area contributed by atoms with Crippen molar-refractivity contribution >= 4 is 15.9 Å². The van der Waals surface area contributed by atoms with Crippen LogP contribution in [0, 0.1) is 0 Å². The van der Waals surface area contributed by atoms with Crippen molar-refractivity contribution < 1.29 is 18.3 Å². The molecule has 6 heteroatoms. The summed E-state index contributed by atoms with van der Waals surface area (Å²) < 4.78 is 40.0. The van der Waals surface area contributed by atoms with Gasteiger partial charge in [0.15, 0.2) is 0 Å². The molecule has 0 aromatic heterocycles. The number of nitrogens with one attached hydrogen (secondary N) is 1. The maximum absolute atomic E-state index is 13.1. The molecule has 0 spiro atoms. The molecule has 0 heterocycles. The van der Waals surface area contributed by atoms with Crippen LogP contribution in [0.25, 0.3) is 0 Å². The first-order valence-corrected chi connectivity index (χ1v) is 6.86.